The highest BCUT2D eigenvalue weighted by Gasteiger charge is 2.74. The number of ether oxygens (including phenoxy) is 1. The largest absolute Gasteiger partial charge is 0.392 e. The molecule has 0 bridgehead atoms. The maximum absolute atomic E-state index is 10.9. The molecule has 0 N–H and O–H groups in total. The van der Waals surface area contributed by atoms with Crippen LogP contribution in [0.5, 0.6) is 0 Å². The number of cyclic esters (lactones) is 2. The zero-order chi connectivity index (χ0) is 7.52. The number of carbonyl (C=O) groups excluding carboxylic acids is 2. The lowest BCUT2D eigenvalue weighted by Crippen LogP contribution is -2.13. The summed E-state index contributed by atoms with van der Waals surface area (Å²) in [5.41, 5.74) is -0.461. The molecule has 54 valence electrons. The number of carbonyl (C=O) groups is 2. The first-order valence-corrected chi connectivity index (χ1v) is 3.34. The van der Waals surface area contributed by atoms with E-state index in [-0.39, 0.29) is 23.8 Å². The van der Waals surface area contributed by atoms with E-state index < -0.39 is 5.41 Å². The van der Waals surface area contributed by atoms with Gasteiger partial charge in [-0.2, -0.15) is 0 Å². The Hall–Kier alpha value is -0.860. The maximum Gasteiger partial charge on any atom is 0.320 e. The smallest absolute Gasteiger partial charge is 0.320 e. The van der Waals surface area contributed by atoms with Crippen molar-refractivity contribution in [3.8, 4) is 0 Å². The van der Waals surface area contributed by atoms with Crippen molar-refractivity contribution >= 4 is 11.9 Å². The summed E-state index contributed by atoms with van der Waals surface area (Å²) in [6.45, 7) is 3.69. The Kier molecular flexibility index (Phi) is 0.743. The molecule has 0 amide bonds. The Morgan fingerprint density at radius 1 is 1.50 bits per heavy atom. The van der Waals surface area contributed by atoms with Crippen molar-refractivity contribution in [2.24, 2.45) is 17.3 Å². The third-order valence-corrected chi connectivity index (χ3v) is 2.87. The molecule has 1 saturated heterocycles. The van der Waals surface area contributed by atoms with Crippen molar-refractivity contribution in [1.29, 1.82) is 0 Å². The Morgan fingerprint density at radius 2 is 2.10 bits per heavy atom. The van der Waals surface area contributed by atoms with Gasteiger partial charge in [-0.15, -0.1) is 0 Å². The first kappa shape index (κ1) is 5.89. The van der Waals surface area contributed by atoms with E-state index >= 15 is 0 Å². The lowest BCUT2D eigenvalue weighted by atomic mass is 10.1. The Labute approximate surface area is 58.4 Å². The molecule has 1 aliphatic carbocycles. The molecule has 0 aromatic rings. The summed E-state index contributed by atoms with van der Waals surface area (Å²) in [6, 6.07) is 0. The van der Waals surface area contributed by atoms with Crippen molar-refractivity contribution in [2.45, 2.75) is 13.8 Å². The first-order valence-electron chi connectivity index (χ1n) is 3.34. The van der Waals surface area contributed by atoms with Crippen LogP contribution in [0.2, 0.25) is 0 Å². The predicted octanol–water partition coefficient (Wildman–Crippen LogP) is 0.342. The fraction of sp³-hybridized carbons (Fsp3) is 0.714. The highest BCUT2D eigenvalue weighted by molar-refractivity contribution is 6.04. The molecule has 0 aromatic carbocycles. The van der Waals surface area contributed by atoms with Crippen LogP contribution in [0.15, 0.2) is 0 Å². The van der Waals surface area contributed by atoms with Gasteiger partial charge in [-0.3, -0.25) is 9.59 Å². The molecule has 10 heavy (non-hydrogen) atoms. The summed E-state index contributed by atoms with van der Waals surface area (Å²) >= 11 is 0. The SMILES string of the molecule is CC1[C@@H]2C(=O)OC(=O)[C@]12C. The second kappa shape index (κ2) is 1.26. The van der Waals surface area contributed by atoms with Gasteiger partial charge in [0.15, 0.2) is 0 Å². The van der Waals surface area contributed by atoms with Crippen molar-refractivity contribution in [1.82, 2.24) is 0 Å². The second-order valence-corrected chi connectivity index (χ2v) is 3.26. The fourth-order valence-corrected chi connectivity index (χ4v) is 1.75. The molecule has 3 atom stereocenters. The summed E-state index contributed by atoms with van der Waals surface area (Å²) in [7, 11) is 0. The zero-order valence-corrected chi connectivity index (χ0v) is 5.88. The average molecular weight is 140 g/mol. The van der Waals surface area contributed by atoms with Crippen LogP contribution >= 0.6 is 0 Å². The van der Waals surface area contributed by atoms with Gasteiger partial charge in [0.25, 0.3) is 0 Å². The molecule has 2 rings (SSSR count). The third-order valence-electron chi connectivity index (χ3n) is 2.87. The van der Waals surface area contributed by atoms with Crippen molar-refractivity contribution in [3.05, 3.63) is 0 Å². The lowest BCUT2D eigenvalue weighted by molar-refractivity contribution is -0.157. The van der Waals surface area contributed by atoms with Crippen LogP contribution in [-0.4, -0.2) is 11.9 Å². The summed E-state index contributed by atoms with van der Waals surface area (Å²) in [5, 5.41) is 0. The summed E-state index contributed by atoms with van der Waals surface area (Å²) in [4.78, 5) is 21.7. The topological polar surface area (TPSA) is 43.4 Å². The van der Waals surface area contributed by atoms with Gasteiger partial charge < -0.3 is 4.74 Å². The monoisotopic (exact) mass is 140 g/mol. The van der Waals surface area contributed by atoms with E-state index in [1.807, 2.05) is 6.92 Å². The van der Waals surface area contributed by atoms with E-state index in [4.69, 9.17) is 0 Å². The maximum atomic E-state index is 10.9. The molecule has 2 aliphatic rings. The fourth-order valence-electron chi connectivity index (χ4n) is 1.75. The van der Waals surface area contributed by atoms with Crippen LogP contribution in [0, 0.1) is 17.3 Å². The van der Waals surface area contributed by atoms with Gasteiger partial charge in [0.1, 0.15) is 0 Å². The van der Waals surface area contributed by atoms with Gasteiger partial charge in [-0.1, -0.05) is 6.92 Å². The van der Waals surface area contributed by atoms with Gasteiger partial charge in [-0.25, -0.2) is 0 Å². The molecular formula is C7H8O3. The molecule has 1 aliphatic heterocycles. The van der Waals surface area contributed by atoms with Crippen LogP contribution in [0.3, 0.4) is 0 Å². The van der Waals surface area contributed by atoms with E-state index in [0.29, 0.717) is 0 Å². The second-order valence-electron chi connectivity index (χ2n) is 3.26. The predicted molar refractivity (Wildman–Crippen MR) is 31.9 cm³/mol. The standard InChI is InChI=1S/C7H8O3/c1-3-4-5(8)10-6(9)7(3,4)2/h3-4H,1-2H3/t3?,4-,7-/m1/s1. The minimum absolute atomic E-state index is 0.139. The molecule has 0 spiro atoms. The van der Waals surface area contributed by atoms with Crippen LogP contribution in [0.1, 0.15) is 13.8 Å². The normalized spacial score (nSPS) is 50.6. The van der Waals surface area contributed by atoms with E-state index in [1.165, 1.54) is 0 Å². The minimum Gasteiger partial charge on any atom is -0.392 e. The van der Waals surface area contributed by atoms with Crippen molar-refractivity contribution in [3.63, 3.8) is 0 Å². The molecule has 0 radical (unpaired) electrons. The Morgan fingerprint density at radius 3 is 2.30 bits per heavy atom. The molecule has 1 heterocycles. The average Bonchev–Trinajstić information content (AvgIpc) is 2.28. The van der Waals surface area contributed by atoms with Crippen molar-refractivity contribution in [2.75, 3.05) is 0 Å². The van der Waals surface area contributed by atoms with Gasteiger partial charge in [0.2, 0.25) is 0 Å². The number of hydrogen-bond acceptors (Lipinski definition) is 3. The van der Waals surface area contributed by atoms with Crippen molar-refractivity contribution < 1.29 is 14.3 Å². The zero-order valence-electron chi connectivity index (χ0n) is 5.88. The van der Waals surface area contributed by atoms with Gasteiger partial charge in [-0.05, 0) is 12.8 Å². The van der Waals surface area contributed by atoms with Gasteiger partial charge in [0, 0.05) is 0 Å². The van der Waals surface area contributed by atoms with E-state index in [1.54, 1.807) is 6.92 Å². The van der Waals surface area contributed by atoms with E-state index in [2.05, 4.69) is 4.74 Å². The van der Waals surface area contributed by atoms with Crippen LogP contribution in [0.25, 0.3) is 0 Å². The number of fused-ring (bicyclic) bond motifs is 1. The van der Waals surface area contributed by atoms with Gasteiger partial charge in [0.05, 0.1) is 11.3 Å². The van der Waals surface area contributed by atoms with E-state index in [9.17, 15) is 9.59 Å². The lowest BCUT2D eigenvalue weighted by Gasteiger charge is -2.00. The Balaban J connectivity index is 2.40. The van der Waals surface area contributed by atoms with Crippen LogP contribution < -0.4 is 0 Å². The number of rotatable bonds is 0. The first-order chi connectivity index (χ1) is 4.58. The Bertz CT molecular complexity index is 233. The van der Waals surface area contributed by atoms with E-state index in [0.717, 1.165) is 0 Å². The third kappa shape index (κ3) is 0.365. The molecule has 0 aromatic heterocycles. The van der Waals surface area contributed by atoms with Crippen LogP contribution in [-0.2, 0) is 14.3 Å². The molecule has 2 fully saturated rings. The highest BCUT2D eigenvalue weighted by Crippen LogP contribution is 2.63. The molecule has 1 unspecified atom stereocenters. The number of hydrogen-bond donors (Lipinski definition) is 0. The number of esters is 2. The minimum atomic E-state index is -0.461. The highest BCUT2D eigenvalue weighted by atomic mass is 16.6. The molecule has 3 heteroatoms. The molecule has 1 saturated carbocycles. The summed E-state index contributed by atoms with van der Waals surface area (Å²) in [5.74, 6) is -0.615. The summed E-state index contributed by atoms with van der Waals surface area (Å²) in [6.07, 6.45) is 0. The summed E-state index contributed by atoms with van der Waals surface area (Å²) < 4.78 is 4.42. The quantitative estimate of drug-likeness (QED) is 0.360. The molecule has 3 nitrogen and oxygen atoms in total. The van der Waals surface area contributed by atoms with Crippen LogP contribution in [0.4, 0.5) is 0 Å². The van der Waals surface area contributed by atoms with Gasteiger partial charge >= 0.3 is 11.9 Å². The molecular weight excluding hydrogens is 132 g/mol.